The molecule has 0 radical (unpaired) electrons. The van der Waals surface area contributed by atoms with Crippen LogP contribution in [-0.2, 0) is 29.0 Å². The first-order chi connectivity index (χ1) is 15.5. The first-order valence-electron chi connectivity index (χ1n) is 10.0. The molecule has 1 aliphatic rings. The van der Waals surface area contributed by atoms with Crippen LogP contribution in [-0.4, -0.2) is 45.7 Å². The molecule has 0 saturated carbocycles. The van der Waals surface area contributed by atoms with E-state index < -0.39 is 22.0 Å². The largest absolute Gasteiger partial charge is 0.496 e. The smallest absolute Gasteiger partial charge is 0.452 e. The van der Waals surface area contributed by atoms with Crippen LogP contribution in [0.1, 0.15) is 23.3 Å². The average molecular weight is 502 g/mol. The number of hydrogen-bond acceptors (Lipinski definition) is 7. The van der Waals surface area contributed by atoms with E-state index in [0.717, 1.165) is 41.4 Å². The number of alkyl halides is 3. The molecule has 0 fully saturated rings. The van der Waals surface area contributed by atoms with Crippen molar-refractivity contribution >= 4 is 27.0 Å². The summed E-state index contributed by atoms with van der Waals surface area (Å²) in [6.07, 6.45) is -2.38. The Morgan fingerprint density at radius 1 is 1.21 bits per heavy atom. The highest BCUT2D eigenvalue weighted by atomic mass is 32.2. The normalized spacial score (nSPS) is 16.6. The number of likely N-dealkylation sites (N-methyl/N-ethyl adjacent to an activating group) is 1. The Morgan fingerprint density at radius 3 is 2.61 bits per heavy atom. The molecular weight excluding hydrogens is 479 g/mol. The van der Waals surface area contributed by atoms with Crippen LogP contribution in [0.5, 0.6) is 5.75 Å². The predicted molar refractivity (Wildman–Crippen MR) is 118 cm³/mol. The summed E-state index contributed by atoms with van der Waals surface area (Å²) in [5.41, 5.74) is 2.25. The number of benzene rings is 1. The molecule has 0 aliphatic heterocycles. The molecule has 0 bridgehead atoms. The SMILES string of the molecule is COc1ccc(NS(=O)(=O)c2ccc(-c3cc(C(F)(F)F)on3)s2)c2c1CC(N(C)C)CC2. The van der Waals surface area contributed by atoms with Crippen molar-refractivity contribution in [3.05, 3.63) is 47.2 Å². The van der Waals surface area contributed by atoms with E-state index in [-0.39, 0.29) is 14.8 Å². The molecule has 178 valence electrons. The highest BCUT2D eigenvalue weighted by Crippen LogP contribution is 2.39. The predicted octanol–water partition coefficient (Wildman–Crippen LogP) is 4.65. The Balaban J connectivity index is 1.62. The van der Waals surface area contributed by atoms with Gasteiger partial charge in [0, 0.05) is 17.7 Å². The van der Waals surface area contributed by atoms with Crippen molar-refractivity contribution in [2.24, 2.45) is 0 Å². The van der Waals surface area contributed by atoms with Gasteiger partial charge in [0.2, 0.25) is 5.76 Å². The number of sulfonamides is 1. The van der Waals surface area contributed by atoms with Crippen molar-refractivity contribution in [1.82, 2.24) is 10.1 Å². The van der Waals surface area contributed by atoms with Crippen molar-refractivity contribution < 1.29 is 30.8 Å². The monoisotopic (exact) mass is 501 g/mol. The molecule has 3 aromatic rings. The van der Waals surface area contributed by atoms with Gasteiger partial charge in [-0.25, -0.2) is 8.42 Å². The van der Waals surface area contributed by atoms with Crippen molar-refractivity contribution in [3.8, 4) is 16.3 Å². The number of ether oxygens (including phenoxy) is 1. The van der Waals surface area contributed by atoms with Crippen LogP contribution < -0.4 is 9.46 Å². The molecule has 4 rings (SSSR count). The fraction of sp³-hybridized carbons (Fsp3) is 0.381. The summed E-state index contributed by atoms with van der Waals surface area (Å²) >= 11 is 0.814. The molecule has 1 N–H and O–H groups in total. The molecular formula is C21H22F3N3O4S2. The van der Waals surface area contributed by atoms with Gasteiger partial charge in [-0.1, -0.05) is 5.16 Å². The summed E-state index contributed by atoms with van der Waals surface area (Å²) in [5.74, 6) is -0.529. The summed E-state index contributed by atoms with van der Waals surface area (Å²) in [6, 6.07) is 7.22. The standard InChI is InChI=1S/C21H22F3N3O4S2/c1-27(2)12-4-5-13-14(10-12)17(30-3)7-6-15(13)26-33(28,29)20-9-8-18(32-20)16-11-19(31-25-16)21(22,23)24/h6-9,11-12,26H,4-5,10H2,1-3H3. The van der Waals surface area contributed by atoms with Gasteiger partial charge in [0.15, 0.2) is 0 Å². The highest BCUT2D eigenvalue weighted by molar-refractivity contribution is 7.94. The lowest BCUT2D eigenvalue weighted by Crippen LogP contribution is -2.34. The summed E-state index contributed by atoms with van der Waals surface area (Å²) in [6.45, 7) is 0. The van der Waals surface area contributed by atoms with E-state index in [4.69, 9.17) is 4.74 Å². The average Bonchev–Trinajstić information content (AvgIpc) is 3.43. The summed E-state index contributed by atoms with van der Waals surface area (Å²) in [4.78, 5) is 2.39. The Hall–Kier alpha value is -2.57. The van der Waals surface area contributed by atoms with Gasteiger partial charge in [-0.3, -0.25) is 4.72 Å². The second-order valence-corrected chi connectivity index (χ2v) is 10.9. The van der Waals surface area contributed by atoms with E-state index >= 15 is 0 Å². The molecule has 12 heteroatoms. The van der Waals surface area contributed by atoms with Gasteiger partial charge in [-0.15, -0.1) is 11.3 Å². The van der Waals surface area contributed by atoms with Gasteiger partial charge in [0.1, 0.15) is 15.7 Å². The Morgan fingerprint density at radius 2 is 1.97 bits per heavy atom. The summed E-state index contributed by atoms with van der Waals surface area (Å²) in [5, 5.41) is 3.41. The van der Waals surface area contributed by atoms with Crippen molar-refractivity contribution in [3.63, 3.8) is 0 Å². The van der Waals surface area contributed by atoms with E-state index in [1.54, 1.807) is 19.2 Å². The number of rotatable bonds is 6. The van der Waals surface area contributed by atoms with Gasteiger partial charge >= 0.3 is 6.18 Å². The summed E-state index contributed by atoms with van der Waals surface area (Å²) < 4.78 is 76.9. The lowest BCUT2D eigenvalue weighted by molar-refractivity contribution is -0.155. The van der Waals surface area contributed by atoms with Gasteiger partial charge in [-0.2, -0.15) is 13.2 Å². The summed E-state index contributed by atoms with van der Waals surface area (Å²) in [7, 11) is 1.63. The third-order valence-corrected chi connectivity index (χ3v) is 8.60. The number of aromatic nitrogens is 1. The van der Waals surface area contributed by atoms with E-state index in [0.29, 0.717) is 23.9 Å². The highest BCUT2D eigenvalue weighted by Gasteiger charge is 2.36. The van der Waals surface area contributed by atoms with Gasteiger partial charge < -0.3 is 14.2 Å². The number of methoxy groups -OCH3 is 1. The number of fused-ring (bicyclic) bond motifs is 1. The van der Waals surface area contributed by atoms with E-state index in [2.05, 4.69) is 19.3 Å². The third-order valence-electron chi connectivity index (χ3n) is 5.64. The zero-order valence-electron chi connectivity index (χ0n) is 18.1. The molecule has 1 aromatic carbocycles. The van der Waals surface area contributed by atoms with Gasteiger partial charge in [0.05, 0.1) is 17.7 Å². The van der Waals surface area contributed by atoms with Crippen LogP contribution in [0.15, 0.2) is 39.1 Å². The van der Waals surface area contributed by atoms with Crippen LogP contribution >= 0.6 is 11.3 Å². The van der Waals surface area contributed by atoms with Crippen molar-refractivity contribution in [2.45, 2.75) is 35.7 Å². The van der Waals surface area contributed by atoms with Crippen LogP contribution in [0, 0.1) is 0 Å². The molecule has 1 atom stereocenters. The number of hydrogen-bond donors (Lipinski definition) is 1. The zero-order chi connectivity index (χ0) is 24.0. The molecule has 7 nitrogen and oxygen atoms in total. The zero-order valence-corrected chi connectivity index (χ0v) is 19.7. The first-order valence-corrected chi connectivity index (χ1v) is 12.3. The van der Waals surface area contributed by atoms with Crippen molar-refractivity contribution in [1.29, 1.82) is 0 Å². The molecule has 1 unspecified atom stereocenters. The number of thiophene rings is 1. The maximum Gasteiger partial charge on any atom is 0.452 e. The first kappa shape index (κ1) is 23.6. The van der Waals surface area contributed by atoms with Gasteiger partial charge in [-0.05, 0) is 63.2 Å². The molecule has 1 aliphatic carbocycles. The van der Waals surface area contributed by atoms with E-state index in [9.17, 15) is 21.6 Å². The van der Waals surface area contributed by atoms with Crippen LogP contribution in [0.25, 0.3) is 10.6 Å². The quantitative estimate of drug-likeness (QED) is 0.529. The lowest BCUT2D eigenvalue weighted by Gasteiger charge is -2.32. The Bertz CT molecular complexity index is 1270. The topological polar surface area (TPSA) is 84.7 Å². The number of anilines is 1. The van der Waals surface area contributed by atoms with E-state index in [1.165, 1.54) is 12.1 Å². The second kappa shape index (κ2) is 8.65. The molecule has 0 amide bonds. The minimum Gasteiger partial charge on any atom is -0.496 e. The Labute approximate surface area is 193 Å². The molecule has 2 heterocycles. The molecule has 2 aromatic heterocycles. The van der Waals surface area contributed by atoms with E-state index in [1.807, 2.05) is 14.1 Å². The second-order valence-electron chi connectivity index (χ2n) is 7.93. The maximum absolute atomic E-state index is 13.1. The maximum atomic E-state index is 13.1. The lowest BCUT2D eigenvalue weighted by atomic mass is 9.86. The molecule has 0 spiro atoms. The van der Waals surface area contributed by atoms with Crippen LogP contribution in [0.4, 0.5) is 18.9 Å². The fourth-order valence-electron chi connectivity index (χ4n) is 3.88. The Kier molecular flexibility index (Phi) is 6.18. The van der Waals surface area contributed by atoms with Crippen LogP contribution in [0.2, 0.25) is 0 Å². The third kappa shape index (κ3) is 4.73. The minimum atomic E-state index is -4.67. The number of halogens is 3. The van der Waals surface area contributed by atoms with Gasteiger partial charge in [0.25, 0.3) is 10.0 Å². The van der Waals surface area contributed by atoms with Crippen molar-refractivity contribution in [2.75, 3.05) is 25.9 Å². The fourth-order valence-corrected chi connectivity index (χ4v) is 6.23. The number of nitrogens with zero attached hydrogens (tertiary/aromatic N) is 2. The minimum absolute atomic E-state index is 0.0411. The molecule has 0 saturated heterocycles. The molecule has 33 heavy (non-hydrogen) atoms. The number of nitrogens with one attached hydrogen (secondary N) is 1. The van der Waals surface area contributed by atoms with Crippen LogP contribution in [0.3, 0.4) is 0 Å².